The number of anilines is 1. The van der Waals surface area contributed by atoms with Gasteiger partial charge in [0.25, 0.3) is 0 Å². The smallest absolute Gasteiger partial charge is 0.329 e. The van der Waals surface area contributed by atoms with Gasteiger partial charge in [0, 0.05) is 43.1 Å². The molecule has 1 unspecified atom stereocenters. The zero-order valence-electron chi connectivity index (χ0n) is 19.3. The predicted octanol–water partition coefficient (Wildman–Crippen LogP) is 4.59. The molecule has 2 aromatic carbocycles. The first-order valence-corrected chi connectivity index (χ1v) is 11.6. The number of piperazine rings is 1. The van der Waals surface area contributed by atoms with Crippen LogP contribution in [0.5, 0.6) is 0 Å². The van der Waals surface area contributed by atoms with Gasteiger partial charge in [0.2, 0.25) is 0 Å². The highest BCUT2D eigenvalue weighted by Gasteiger charge is 2.27. The maximum atomic E-state index is 12.3. The third-order valence-corrected chi connectivity index (χ3v) is 6.07. The summed E-state index contributed by atoms with van der Waals surface area (Å²) < 4.78 is 38.9. The zero-order valence-corrected chi connectivity index (χ0v) is 19.3. The highest BCUT2D eigenvalue weighted by molar-refractivity contribution is 5.90. The summed E-state index contributed by atoms with van der Waals surface area (Å²) in [5.41, 5.74) is 6.07. The number of nitrogens with one attached hydrogen (secondary N) is 4. The topological polar surface area (TPSA) is 82.5 Å². The lowest BCUT2D eigenvalue weighted by Gasteiger charge is -2.25. The standard InChI is InChI=1S/C26H25F3N6O/c27-26(28,29)16-33-25(36)34-21-3-1-2-20(12-21)23-15-32-24-13-19(8-11-35(23)24)17-4-6-18(7-5-17)22-14-30-9-10-31-22/h1-8,11-13,15,22,30-31H,9-10,14,16H2,(H2,33,34,36). The molecule has 1 aliphatic rings. The fourth-order valence-corrected chi connectivity index (χ4v) is 4.28. The molecular formula is C26H25F3N6O. The van der Waals surface area contributed by atoms with Crippen LogP contribution in [0.15, 0.2) is 73.1 Å². The number of rotatable bonds is 5. The summed E-state index contributed by atoms with van der Waals surface area (Å²) in [6.07, 6.45) is -0.808. The number of imidazole rings is 1. The van der Waals surface area contributed by atoms with Gasteiger partial charge in [-0.3, -0.25) is 4.40 Å². The van der Waals surface area contributed by atoms with Crippen LogP contribution in [0.3, 0.4) is 0 Å². The Morgan fingerprint density at radius 2 is 1.86 bits per heavy atom. The van der Waals surface area contributed by atoms with Gasteiger partial charge in [-0.2, -0.15) is 13.2 Å². The van der Waals surface area contributed by atoms with Gasteiger partial charge in [-0.05, 0) is 41.0 Å². The van der Waals surface area contributed by atoms with E-state index in [0.29, 0.717) is 11.7 Å². The first-order chi connectivity index (χ1) is 17.4. The summed E-state index contributed by atoms with van der Waals surface area (Å²) in [7, 11) is 0. The Bertz CT molecular complexity index is 1360. The molecule has 0 spiro atoms. The van der Waals surface area contributed by atoms with E-state index >= 15 is 0 Å². The zero-order chi connectivity index (χ0) is 25.1. The normalized spacial score (nSPS) is 16.1. The number of alkyl halides is 3. The molecule has 36 heavy (non-hydrogen) atoms. The third kappa shape index (κ3) is 5.50. The molecular weight excluding hydrogens is 469 g/mol. The van der Waals surface area contributed by atoms with Crippen LogP contribution in [0.1, 0.15) is 11.6 Å². The molecule has 186 valence electrons. The number of carbonyl (C=O) groups is 1. The van der Waals surface area contributed by atoms with Crippen molar-refractivity contribution in [3.05, 3.63) is 78.6 Å². The summed E-state index contributed by atoms with van der Waals surface area (Å²) in [5.74, 6) is 0. The molecule has 4 aromatic rings. The summed E-state index contributed by atoms with van der Waals surface area (Å²) in [4.78, 5) is 16.3. The van der Waals surface area contributed by atoms with Gasteiger partial charge in [0.1, 0.15) is 12.2 Å². The maximum Gasteiger partial charge on any atom is 0.405 e. The molecule has 1 atom stereocenters. The number of nitrogens with zero attached hydrogens (tertiary/aromatic N) is 2. The van der Waals surface area contributed by atoms with Crippen LogP contribution in [0.2, 0.25) is 0 Å². The Labute approximate surface area is 205 Å². The van der Waals surface area contributed by atoms with Gasteiger partial charge in [-0.15, -0.1) is 0 Å². The maximum absolute atomic E-state index is 12.3. The molecule has 10 heteroatoms. The van der Waals surface area contributed by atoms with Crippen LogP contribution in [-0.2, 0) is 0 Å². The SMILES string of the molecule is O=C(NCC(F)(F)F)Nc1cccc(-c2cnc3cc(-c4ccc(C5CNCCN5)cc4)ccn23)c1. The second-order valence-electron chi connectivity index (χ2n) is 8.62. The second kappa shape index (κ2) is 10.00. The Balaban J connectivity index is 1.33. The number of hydrogen-bond donors (Lipinski definition) is 4. The molecule has 5 rings (SSSR count). The number of halogens is 3. The molecule has 0 bridgehead atoms. The first kappa shape index (κ1) is 23.8. The Morgan fingerprint density at radius 1 is 1.03 bits per heavy atom. The number of hydrogen-bond acceptors (Lipinski definition) is 4. The van der Waals surface area contributed by atoms with Crippen molar-refractivity contribution in [2.24, 2.45) is 0 Å². The van der Waals surface area contributed by atoms with Gasteiger partial charge in [0.05, 0.1) is 11.9 Å². The fraction of sp³-hybridized carbons (Fsp3) is 0.231. The number of fused-ring (bicyclic) bond motifs is 1. The third-order valence-electron chi connectivity index (χ3n) is 6.07. The van der Waals surface area contributed by atoms with E-state index in [-0.39, 0.29) is 0 Å². The van der Waals surface area contributed by atoms with Crippen LogP contribution in [0.25, 0.3) is 28.0 Å². The summed E-state index contributed by atoms with van der Waals surface area (Å²) in [5, 5.41) is 11.2. The molecule has 3 heterocycles. The van der Waals surface area contributed by atoms with Gasteiger partial charge in [-0.25, -0.2) is 9.78 Å². The molecule has 1 saturated heterocycles. The van der Waals surface area contributed by atoms with Crippen LogP contribution >= 0.6 is 0 Å². The van der Waals surface area contributed by atoms with Crippen molar-refractivity contribution >= 4 is 17.4 Å². The lowest BCUT2D eigenvalue weighted by molar-refractivity contribution is -0.122. The van der Waals surface area contributed by atoms with Gasteiger partial charge >= 0.3 is 12.2 Å². The molecule has 1 aliphatic heterocycles. The lowest BCUT2D eigenvalue weighted by Crippen LogP contribution is -2.42. The highest BCUT2D eigenvalue weighted by Crippen LogP contribution is 2.28. The first-order valence-electron chi connectivity index (χ1n) is 11.6. The largest absolute Gasteiger partial charge is 0.405 e. The minimum absolute atomic E-state index is 0.311. The summed E-state index contributed by atoms with van der Waals surface area (Å²) >= 11 is 0. The van der Waals surface area contributed by atoms with Crippen LogP contribution in [0, 0.1) is 0 Å². The van der Waals surface area contributed by atoms with Gasteiger partial charge < -0.3 is 21.3 Å². The predicted molar refractivity (Wildman–Crippen MR) is 133 cm³/mol. The molecule has 0 aliphatic carbocycles. The summed E-state index contributed by atoms with van der Waals surface area (Å²) in [6, 6.07) is 18.8. The summed E-state index contributed by atoms with van der Waals surface area (Å²) in [6.45, 7) is 1.46. The molecule has 4 N–H and O–H groups in total. The van der Waals surface area contributed by atoms with Crippen molar-refractivity contribution in [3.8, 4) is 22.4 Å². The van der Waals surface area contributed by atoms with Crippen molar-refractivity contribution in [2.45, 2.75) is 12.2 Å². The average Bonchev–Trinajstić information content (AvgIpc) is 3.31. The van der Waals surface area contributed by atoms with E-state index in [4.69, 9.17) is 0 Å². The van der Waals surface area contributed by atoms with E-state index in [9.17, 15) is 18.0 Å². The number of amides is 2. The van der Waals surface area contributed by atoms with Gasteiger partial charge in [-0.1, -0.05) is 36.4 Å². The molecule has 1 fully saturated rings. The Morgan fingerprint density at radius 3 is 2.61 bits per heavy atom. The number of benzene rings is 2. The minimum atomic E-state index is -4.47. The number of aromatic nitrogens is 2. The van der Waals surface area contributed by atoms with Crippen LogP contribution in [0.4, 0.5) is 23.7 Å². The van der Waals surface area contributed by atoms with E-state index in [2.05, 4.69) is 45.2 Å². The quantitative estimate of drug-likeness (QED) is 0.327. The van der Waals surface area contributed by atoms with Gasteiger partial charge in [0.15, 0.2) is 0 Å². The number of carbonyl (C=O) groups excluding carboxylic acids is 1. The molecule has 0 saturated carbocycles. The van der Waals surface area contributed by atoms with Crippen LogP contribution < -0.4 is 21.3 Å². The molecule has 2 aromatic heterocycles. The van der Waals surface area contributed by atoms with Crippen molar-refractivity contribution in [3.63, 3.8) is 0 Å². The van der Waals surface area contributed by atoms with Crippen molar-refractivity contribution in [1.82, 2.24) is 25.3 Å². The van der Waals surface area contributed by atoms with E-state index in [1.54, 1.807) is 29.7 Å². The lowest BCUT2D eigenvalue weighted by atomic mass is 10.0. The monoisotopic (exact) mass is 494 g/mol. The van der Waals surface area contributed by atoms with E-state index in [0.717, 1.165) is 47.7 Å². The second-order valence-corrected chi connectivity index (χ2v) is 8.62. The Hall–Kier alpha value is -3.89. The van der Waals surface area contributed by atoms with E-state index < -0.39 is 18.8 Å². The number of pyridine rings is 1. The molecule has 2 amide bonds. The Kier molecular flexibility index (Phi) is 6.62. The number of urea groups is 1. The molecule has 0 radical (unpaired) electrons. The average molecular weight is 495 g/mol. The minimum Gasteiger partial charge on any atom is -0.329 e. The van der Waals surface area contributed by atoms with Crippen molar-refractivity contribution < 1.29 is 18.0 Å². The highest BCUT2D eigenvalue weighted by atomic mass is 19.4. The van der Waals surface area contributed by atoms with Crippen molar-refractivity contribution in [2.75, 3.05) is 31.5 Å². The van der Waals surface area contributed by atoms with E-state index in [1.165, 1.54) is 5.56 Å². The van der Waals surface area contributed by atoms with Crippen LogP contribution in [-0.4, -0.2) is 47.8 Å². The fourth-order valence-electron chi connectivity index (χ4n) is 4.28. The van der Waals surface area contributed by atoms with E-state index in [1.807, 2.05) is 28.8 Å². The molecule has 7 nitrogen and oxygen atoms in total. The van der Waals surface area contributed by atoms with Crippen molar-refractivity contribution in [1.29, 1.82) is 0 Å².